The van der Waals surface area contributed by atoms with Crippen molar-refractivity contribution in [2.45, 2.75) is 38.5 Å². The zero-order valence-corrected chi connectivity index (χ0v) is 21.2. The predicted molar refractivity (Wildman–Crippen MR) is 140 cm³/mol. The van der Waals surface area contributed by atoms with E-state index in [-0.39, 0.29) is 0 Å². The van der Waals surface area contributed by atoms with Crippen LogP contribution in [-0.2, 0) is 22.6 Å². The van der Waals surface area contributed by atoms with Crippen molar-refractivity contribution in [3.8, 4) is 5.75 Å². The monoisotopic (exact) mass is 488 g/mol. The lowest BCUT2D eigenvalue weighted by Gasteiger charge is -2.37. The Balaban J connectivity index is 1.18. The minimum absolute atomic E-state index is 0.331. The Morgan fingerprint density at radius 3 is 2.89 bits per heavy atom. The van der Waals surface area contributed by atoms with Crippen LogP contribution in [0.15, 0.2) is 60.2 Å². The molecule has 2 aromatic rings. The maximum absolute atomic E-state index is 6.28. The third-order valence-electron chi connectivity index (χ3n) is 7.72. The molecule has 0 saturated carbocycles. The van der Waals surface area contributed by atoms with E-state index in [2.05, 4.69) is 51.1 Å². The van der Waals surface area contributed by atoms with Gasteiger partial charge in [-0.2, -0.15) is 0 Å². The largest absolute Gasteiger partial charge is 0.499 e. The van der Waals surface area contributed by atoms with Crippen LogP contribution in [0.3, 0.4) is 0 Å². The van der Waals surface area contributed by atoms with Gasteiger partial charge in [0.15, 0.2) is 5.75 Å². The van der Waals surface area contributed by atoms with E-state index in [1.165, 1.54) is 28.6 Å². The van der Waals surface area contributed by atoms with Gasteiger partial charge in [0.25, 0.3) is 0 Å². The molecule has 1 unspecified atom stereocenters. The summed E-state index contributed by atoms with van der Waals surface area (Å²) in [5.74, 6) is 2.00. The van der Waals surface area contributed by atoms with Crippen LogP contribution < -0.4 is 4.74 Å². The van der Waals surface area contributed by atoms with E-state index in [1.54, 1.807) is 7.11 Å². The van der Waals surface area contributed by atoms with Crippen LogP contribution in [0.5, 0.6) is 5.75 Å². The number of nitrogens with zero attached hydrogens (tertiary/aromatic N) is 4. The first-order valence-corrected chi connectivity index (χ1v) is 13.2. The number of allylic oxidation sites excluding steroid dienone is 4. The topological polar surface area (TPSA) is 50.3 Å². The van der Waals surface area contributed by atoms with Crippen molar-refractivity contribution < 1.29 is 14.2 Å². The standard InChI is InChI=1S/C29H36N4O3/c1-34-27-10-4-2-3-9-26(27)33-14-12-31(13-15-33)18-22-17-23-19-32(20-24-7-6-16-35-24)21-36-29(23)28-25(22)8-5-11-30-28/h2-5,8-9,11,17,24H,6-7,10,12-16,18-21H2,1H3. The molecule has 0 amide bonds. The summed E-state index contributed by atoms with van der Waals surface area (Å²) in [7, 11) is 1.78. The number of aromatic nitrogens is 1. The zero-order valence-electron chi connectivity index (χ0n) is 21.2. The molecular formula is C29H36N4O3. The lowest BCUT2D eigenvalue weighted by molar-refractivity contribution is 0.0285. The Morgan fingerprint density at radius 1 is 1.14 bits per heavy atom. The fraction of sp³-hybridized carbons (Fsp3) is 0.483. The van der Waals surface area contributed by atoms with Crippen LogP contribution in [0.4, 0.5) is 0 Å². The molecule has 0 spiro atoms. The molecular weight excluding hydrogens is 452 g/mol. The van der Waals surface area contributed by atoms with Gasteiger partial charge < -0.3 is 19.1 Å². The summed E-state index contributed by atoms with van der Waals surface area (Å²) in [6, 6.07) is 6.59. The molecule has 1 aromatic heterocycles. The first-order valence-electron chi connectivity index (χ1n) is 13.2. The Morgan fingerprint density at radius 2 is 2.06 bits per heavy atom. The van der Waals surface area contributed by atoms with Gasteiger partial charge in [0.2, 0.25) is 0 Å². The maximum Gasteiger partial charge on any atom is 0.152 e. The van der Waals surface area contributed by atoms with Crippen molar-refractivity contribution in [3.05, 3.63) is 71.3 Å². The summed E-state index contributed by atoms with van der Waals surface area (Å²) in [6.07, 6.45) is 13.9. The average molecular weight is 489 g/mol. The van der Waals surface area contributed by atoms with Crippen molar-refractivity contribution in [1.29, 1.82) is 0 Å². The van der Waals surface area contributed by atoms with E-state index >= 15 is 0 Å². The number of fused-ring (bicyclic) bond motifs is 3. The Hall–Kier alpha value is -2.87. The van der Waals surface area contributed by atoms with Crippen molar-refractivity contribution >= 4 is 10.9 Å². The molecule has 36 heavy (non-hydrogen) atoms. The molecule has 4 aliphatic rings. The Kier molecular flexibility index (Phi) is 6.94. The van der Waals surface area contributed by atoms with E-state index in [4.69, 9.17) is 19.2 Å². The van der Waals surface area contributed by atoms with Gasteiger partial charge in [-0.05, 0) is 36.6 Å². The van der Waals surface area contributed by atoms with Gasteiger partial charge in [-0.3, -0.25) is 14.8 Å². The van der Waals surface area contributed by atoms with Gasteiger partial charge in [0.05, 0.1) is 18.9 Å². The number of pyridine rings is 1. The summed E-state index contributed by atoms with van der Waals surface area (Å²) in [5.41, 5.74) is 4.79. The van der Waals surface area contributed by atoms with Crippen molar-refractivity contribution in [2.75, 3.05) is 53.2 Å². The molecule has 7 nitrogen and oxygen atoms in total. The molecule has 0 radical (unpaired) electrons. The highest BCUT2D eigenvalue weighted by atomic mass is 16.5. The molecule has 0 bridgehead atoms. The van der Waals surface area contributed by atoms with Gasteiger partial charge in [-0.1, -0.05) is 24.3 Å². The SMILES string of the molecule is COC1=C(N2CCN(Cc3cc4c(c5ncccc35)OCN(CC3CCCO3)C4)CC2)C=CC=CC1. The van der Waals surface area contributed by atoms with Crippen LogP contribution in [0.25, 0.3) is 10.9 Å². The molecule has 2 saturated heterocycles. The molecule has 1 aliphatic carbocycles. The van der Waals surface area contributed by atoms with Gasteiger partial charge in [-0.25, -0.2) is 0 Å². The normalized spacial score (nSPS) is 23.1. The number of rotatable bonds is 6. The zero-order chi connectivity index (χ0) is 24.3. The molecule has 0 N–H and O–H groups in total. The maximum atomic E-state index is 6.28. The third-order valence-corrected chi connectivity index (χ3v) is 7.72. The number of ether oxygens (including phenoxy) is 3. The number of benzene rings is 1. The fourth-order valence-corrected chi connectivity index (χ4v) is 5.85. The Bertz CT molecular complexity index is 1180. The summed E-state index contributed by atoms with van der Waals surface area (Å²) in [6.45, 7) is 8.24. The number of piperazine rings is 1. The highest BCUT2D eigenvalue weighted by molar-refractivity contribution is 5.89. The van der Waals surface area contributed by atoms with Gasteiger partial charge in [0.1, 0.15) is 18.0 Å². The second kappa shape index (κ2) is 10.6. The molecule has 4 heterocycles. The summed E-state index contributed by atoms with van der Waals surface area (Å²) in [5, 5.41) is 1.20. The molecule has 190 valence electrons. The third kappa shape index (κ3) is 4.88. The van der Waals surface area contributed by atoms with E-state index < -0.39 is 0 Å². The highest BCUT2D eigenvalue weighted by Gasteiger charge is 2.27. The van der Waals surface area contributed by atoms with E-state index in [0.29, 0.717) is 12.8 Å². The Labute approximate surface area is 213 Å². The number of methoxy groups -OCH3 is 1. The summed E-state index contributed by atoms with van der Waals surface area (Å²) in [4.78, 5) is 12.1. The van der Waals surface area contributed by atoms with Crippen molar-refractivity contribution in [1.82, 2.24) is 19.7 Å². The number of hydrogen-bond donors (Lipinski definition) is 0. The summed E-state index contributed by atoms with van der Waals surface area (Å²) >= 11 is 0. The second-order valence-electron chi connectivity index (χ2n) is 10.1. The van der Waals surface area contributed by atoms with Gasteiger partial charge >= 0.3 is 0 Å². The van der Waals surface area contributed by atoms with Crippen LogP contribution in [0, 0.1) is 0 Å². The van der Waals surface area contributed by atoms with Crippen LogP contribution in [0.2, 0.25) is 0 Å². The van der Waals surface area contributed by atoms with Crippen molar-refractivity contribution in [3.63, 3.8) is 0 Å². The minimum atomic E-state index is 0.331. The molecule has 3 aliphatic heterocycles. The van der Waals surface area contributed by atoms with E-state index in [0.717, 1.165) is 82.3 Å². The van der Waals surface area contributed by atoms with E-state index in [1.807, 2.05) is 12.3 Å². The average Bonchev–Trinajstić information content (AvgIpc) is 3.31. The van der Waals surface area contributed by atoms with Gasteiger partial charge in [-0.15, -0.1) is 0 Å². The first kappa shape index (κ1) is 23.5. The minimum Gasteiger partial charge on any atom is -0.499 e. The molecule has 2 fully saturated rings. The lowest BCUT2D eigenvalue weighted by atomic mass is 10.0. The molecule has 1 aromatic carbocycles. The highest BCUT2D eigenvalue weighted by Crippen LogP contribution is 2.35. The molecule has 6 rings (SSSR count). The second-order valence-corrected chi connectivity index (χ2v) is 10.1. The van der Waals surface area contributed by atoms with E-state index in [9.17, 15) is 0 Å². The van der Waals surface area contributed by atoms with Crippen LogP contribution >= 0.6 is 0 Å². The molecule has 1 atom stereocenters. The van der Waals surface area contributed by atoms with Crippen LogP contribution in [-0.4, -0.2) is 79.0 Å². The summed E-state index contributed by atoms with van der Waals surface area (Å²) < 4.78 is 17.9. The fourth-order valence-electron chi connectivity index (χ4n) is 5.85. The lowest BCUT2D eigenvalue weighted by Crippen LogP contribution is -2.45. The molecule has 7 heteroatoms. The quantitative estimate of drug-likeness (QED) is 0.608. The smallest absolute Gasteiger partial charge is 0.152 e. The van der Waals surface area contributed by atoms with Crippen molar-refractivity contribution in [2.24, 2.45) is 0 Å². The first-order chi connectivity index (χ1) is 17.8. The van der Waals surface area contributed by atoms with Crippen LogP contribution in [0.1, 0.15) is 30.4 Å². The predicted octanol–water partition coefficient (Wildman–Crippen LogP) is 4.06. The number of hydrogen-bond acceptors (Lipinski definition) is 7. The van der Waals surface area contributed by atoms with Gasteiger partial charge in [0, 0.05) is 76.0 Å².